The minimum atomic E-state index is -0.135. The van der Waals surface area contributed by atoms with Gasteiger partial charge in [-0.1, -0.05) is 45.5 Å². The van der Waals surface area contributed by atoms with Gasteiger partial charge in [-0.2, -0.15) is 0 Å². The maximum Gasteiger partial charge on any atom is 0.280 e. The predicted octanol–water partition coefficient (Wildman–Crippen LogP) is 3.48. The molecule has 0 saturated carbocycles. The Bertz CT molecular complexity index is 574. The molecule has 0 spiro atoms. The molecule has 0 bridgehead atoms. The van der Waals surface area contributed by atoms with Gasteiger partial charge in [-0.3, -0.25) is 0 Å². The van der Waals surface area contributed by atoms with Crippen LogP contribution in [0.25, 0.3) is 15.7 Å². The summed E-state index contributed by atoms with van der Waals surface area (Å²) in [5.41, 5.74) is 0.706. The Balaban J connectivity index is 2.80. The highest BCUT2D eigenvalue weighted by Crippen LogP contribution is 2.27. The molecular formula is C13H13N3. The van der Waals surface area contributed by atoms with Crippen LogP contribution in [0.1, 0.15) is 26.6 Å². The maximum atomic E-state index is 7.16. The van der Waals surface area contributed by atoms with Crippen LogP contribution in [-0.4, -0.2) is 9.97 Å². The molecule has 16 heavy (non-hydrogen) atoms. The summed E-state index contributed by atoms with van der Waals surface area (Å²) >= 11 is 0. The first-order valence-electron chi connectivity index (χ1n) is 5.17. The molecule has 0 unspecified atom stereocenters. The first-order valence-corrected chi connectivity index (χ1v) is 5.17. The number of nitrogens with zero attached hydrogens (tertiary/aromatic N) is 3. The highest BCUT2D eigenvalue weighted by Gasteiger charge is 2.22. The minimum Gasteiger partial charge on any atom is -0.360 e. The largest absolute Gasteiger partial charge is 0.360 e. The number of hydrogen-bond donors (Lipinski definition) is 0. The van der Waals surface area contributed by atoms with Crippen LogP contribution >= 0.6 is 0 Å². The summed E-state index contributed by atoms with van der Waals surface area (Å²) in [6.45, 7) is 13.3. The number of benzene rings is 1. The van der Waals surface area contributed by atoms with Crippen LogP contribution in [-0.2, 0) is 5.41 Å². The van der Waals surface area contributed by atoms with Crippen molar-refractivity contribution in [2.75, 3.05) is 0 Å². The van der Waals surface area contributed by atoms with Gasteiger partial charge >= 0.3 is 0 Å². The molecule has 0 aliphatic heterocycles. The van der Waals surface area contributed by atoms with E-state index in [4.69, 9.17) is 6.57 Å². The Hall–Kier alpha value is -1.95. The lowest BCUT2D eigenvalue weighted by molar-refractivity contribution is 0.549. The van der Waals surface area contributed by atoms with E-state index in [9.17, 15) is 0 Å². The van der Waals surface area contributed by atoms with Crippen molar-refractivity contribution in [3.05, 3.63) is 41.5 Å². The summed E-state index contributed by atoms with van der Waals surface area (Å²) in [5, 5.41) is 0.825. The Morgan fingerprint density at radius 1 is 1.12 bits per heavy atom. The molecular weight excluding hydrogens is 198 g/mol. The molecule has 3 heteroatoms. The lowest BCUT2D eigenvalue weighted by Gasteiger charge is -2.13. The van der Waals surface area contributed by atoms with Crippen molar-refractivity contribution >= 4 is 16.7 Å². The number of aromatic nitrogens is 2. The van der Waals surface area contributed by atoms with Gasteiger partial charge in [-0.15, -0.1) is 4.98 Å². The lowest BCUT2D eigenvalue weighted by atomic mass is 9.95. The first kappa shape index (κ1) is 10.6. The van der Waals surface area contributed by atoms with Crippen molar-refractivity contribution in [1.82, 2.24) is 9.97 Å². The Morgan fingerprint density at radius 2 is 1.81 bits per heavy atom. The van der Waals surface area contributed by atoms with Gasteiger partial charge in [-0.05, 0) is 6.07 Å². The first-order chi connectivity index (χ1) is 7.52. The van der Waals surface area contributed by atoms with Gasteiger partial charge in [-0.25, -0.2) is 4.98 Å². The topological polar surface area (TPSA) is 30.1 Å². The van der Waals surface area contributed by atoms with Crippen molar-refractivity contribution in [3.63, 3.8) is 0 Å². The number of hydrogen-bond acceptors (Lipinski definition) is 2. The fourth-order valence-corrected chi connectivity index (χ4v) is 1.48. The molecule has 0 saturated heterocycles. The smallest absolute Gasteiger partial charge is 0.280 e. The molecule has 0 aliphatic rings. The lowest BCUT2D eigenvalue weighted by Crippen LogP contribution is -2.15. The van der Waals surface area contributed by atoms with E-state index >= 15 is 0 Å². The van der Waals surface area contributed by atoms with E-state index in [1.807, 2.05) is 45.0 Å². The summed E-state index contributed by atoms with van der Waals surface area (Å²) in [5.74, 6) is 1.16. The highest BCUT2D eigenvalue weighted by molar-refractivity contribution is 5.89. The highest BCUT2D eigenvalue weighted by atomic mass is 15.0. The zero-order valence-corrected chi connectivity index (χ0v) is 9.65. The van der Waals surface area contributed by atoms with Crippen LogP contribution in [0, 0.1) is 6.57 Å². The number of para-hydroxylation sites is 1. The molecule has 1 aromatic heterocycles. The van der Waals surface area contributed by atoms with Crippen molar-refractivity contribution in [1.29, 1.82) is 0 Å². The molecule has 0 amide bonds. The van der Waals surface area contributed by atoms with Gasteiger partial charge < -0.3 is 4.85 Å². The van der Waals surface area contributed by atoms with Crippen LogP contribution in [0.2, 0.25) is 0 Å². The molecule has 0 radical (unpaired) electrons. The predicted molar refractivity (Wildman–Crippen MR) is 64.5 cm³/mol. The average molecular weight is 211 g/mol. The van der Waals surface area contributed by atoms with Gasteiger partial charge in [0.25, 0.3) is 5.82 Å². The summed E-state index contributed by atoms with van der Waals surface area (Å²) in [7, 11) is 0. The van der Waals surface area contributed by atoms with Crippen molar-refractivity contribution < 1.29 is 0 Å². The van der Waals surface area contributed by atoms with Crippen molar-refractivity contribution in [3.8, 4) is 0 Å². The number of rotatable bonds is 0. The Kier molecular flexibility index (Phi) is 2.35. The molecule has 80 valence electrons. The third-order valence-electron chi connectivity index (χ3n) is 2.36. The van der Waals surface area contributed by atoms with Crippen LogP contribution < -0.4 is 0 Å². The molecule has 0 fully saturated rings. The maximum absolute atomic E-state index is 7.16. The third kappa shape index (κ3) is 1.74. The van der Waals surface area contributed by atoms with Gasteiger partial charge in [0.2, 0.25) is 5.82 Å². The van der Waals surface area contributed by atoms with Gasteiger partial charge in [0.05, 0.1) is 5.52 Å². The molecule has 2 rings (SSSR count). The van der Waals surface area contributed by atoms with Crippen LogP contribution in [0.5, 0.6) is 0 Å². The summed E-state index contributed by atoms with van der Waals surface area (Å²) in [6.07, 6.45) is 0. The second-order valence-corrected chi connectivity index (χ2v) is 4.75. The van der Waals surface area contributed by atoms with Crippen molar-refractivity contribution in [2.45, 2.75) is 26.2 Å². The van der Waals surface area contributed by atoms with E-state index in [2.05, 4.69) is 14.8 Å². The van der Waals surface area contributed by atoms with E-state index in [0.717, 1.165) is 16.7 Å². The third-order valence-corrected chi connectivity index (χ3v) is 2.36. The summed E-state index contributed by atoms with van der Waals surface area (Å²) in [4.78, 5) is 12.3. The normalized spacial score (nSPS) is 11.4. The van der Waals surface area contributed by atoms with Gasteiger partial charge in [0.1, 0.15) is 0 Å². The molecule has 1 aromatic carbocycles. The second kappa shape index (κ2) is 3.57. The summed E-state index contributed by atoms with van der Waals surface area (Å²) < 4.78 is 0. The van der Waals surface area contributed by atoms with Gasteiger partial charge in [0, 0.05) is 10.8 Å². The second-order valence-electron chi connectivity index (χ2n) is 4.75. The molecule has 2 aromatic rings. The average Bonchev–Trinajstić information content (AvgIpc) is 2.26. The van der Waals surface area contributed by atoms with E-state index in [-0.39, 0.29) is 5.41 Å². The van der Waals surface area contributed by atoms with E-state index in [0.29, 0.717) is 5.82 Å². The van der Waals surface area contributed by atoms with Crippen LogP contribution in [0.3, 0.4) is 0 Å². The number of fused-ring (bicyclic) bond motifs is 1. The van der Waals surface area contributed by atoms with Crippen LogP contribution in [0.15, 0.2) is 24.3 Å². The summed E-state index contributed by atoms with van der Waals surface area (Å²) in [6, 6.07) is 7.63. The van der Waals surface area contributed by atoms with E-state index < -0.39 is 0 Å². The zero-order valence-electron chi connectivity index (χ0n) is 9.65. The van der Waals surface area contributed by atoms with Crippen LogP contribution in [0.4, 0.5) is 5.82 Å². The van der Waals surface area contributed by atoms with Crippen molar-refractivity contribution in [2.24, 2.45) is 0 Å². The fraction of sp³-hybridized carbons (Fsp3) is 0.308. The molecule has 0 atom stereocenters. The molecule has 0 aliphatic carbocycles. The standard InChI is InChI=1S/C13H13N3/c1-13(2,3)12-15-10-8-6-5-7-9(10)11(14-4)16-12/h5-8H,1-3H3. The molecule has 1 heterocycles. The monoisotopic (exact) mass is 211 g/mol. The van der Waals surface area contributed by atoms with E-state index in [1.54, 1.807) is 0 Å². The van der Waals surface area contributed by atoms with Gasteiger partial charge in [0.15, 0.2) is 0 Å². The fourth-order valence-electron chi connectivity index (χ4n) is 1.48. The quantitative estimate of drug-likeness (QED) is 0.624. The zero-order chi connectivity index (χ0) is 11.8. The Morgan fingerprint density at radius 3 is 2.44 bits per heavy atom. The molecule has 3 nitrogen and oxygen atoms in total. The Labute approximate surface area is 95.0 Å². The minimum absolute atomic E-state index is 0.135. The molecule has 0 N–H and O–H groups in total. The van der Waals surface area contributed by atoms with E-state index in [1.165, 1.54) is 0 Å². The SMILES string of the molecule is [C-]#[N+]c1nc(C(C)(C)C)nc2ccccc12.